The number of hydrogen-bond donors (Lipinski definition) is 1. The van der Waals surface area contributed by atoms with Crippen molar-refractivity contribution in [2.75, 3.05) is 6.61 Å². The van der Waals surface area contributed by atoms with Crippen molar-refractivity contribution in [3.63, 3.8) is 0 Å². The molecule has 0 aliphatic carbocycles. The van der Waals surface area contributed by atoms with Crippen LogP contribution in [0.3, 0.4) is 0 Å². The number of aliphatic hydroxyl groups is 1. The first-order chi connectivity index (χ1) is 11.3. The van der Waals surface area contributed by atoms with Gasteiger partial charge >= 0.3 is 0 Å². The van der Waals surface area contributed by atoms with Crippen molar-refractivity contribution in [2.24, 2.45) is 0 Å². The highest BCUT2D eigenvalue weighted by Gasteiger charge is 1.92. The van der Waals surface area contributed by atoms with E-state index in [1.807, 2.05) is 60.7 Å². The number of benzene rings is 2. The van der Waals surface area contributed by atoms with Gasteiger partial charge in [-0.1, -0.05) is 72.5 Å². The molecule has 2 aromatic rings. The standard InChI is InChI=1S/C20H18O3/c21-20(13-15-23-17-19-10-5-2-6-11-19)12-7-14-22-16-18-8-3-1-4-9-18/h1-6,8-11,20-21H,14,16-17H2. The molecule has 3 heteroatoms. The zero-order valence-electron chi connectivity index (χ0n) is 12.7. The number of rotatable bonds is 5. The number of ether oxygens (including phenoxy) is 2. The summed E-state index contributed by atoms with van der Waals surface area (Å²) in [5.41, 5.74) is 2.11. The SMILES string of the molecule is OC(C#CCOCc1ccccc1)C#COCc1ccccc1. The van der Waals surface area contributed by atoms with Crippen LogP contribution in [-0.2, 0) is 22.7 Å². The predicted octanol–water partition coefficient (Wildman–Crippen LogP) is 2.75. The smallest absolute Gasteiger partial charge is 0.180 e. The Bertz CT molecular complexity index is 688. The lowest BCUT2D eigenvalue weighted by Crippen LogP contribution is -2.00. The highest BCUT2D eigenvalue weighted by molar-refractivity contribution is 5.19. The van der Waals surface area contributed by atoms with Crippen LogP contribution >= 0.6 is 0 Å². The van der Waals surface area contributed by atoms with Crippen molar-refractivity contribution in [3.8, 4) is 23.9 Å². The second-order valence-corrected chi connectivity index (χ2v) is 4.72. The maximum absolute atomic E-state index is 9.58. The predicted molar refractivity (Wildman–Crippen MR) is 88.9 cm³/mol. The second kappa shape index (κ2) is 10.1. The van der Waals surface area contributed by atoms with Gasteiger partial charge in [-0.25, -0.2) is 0 Å². The summed E-state index contributed by atoms with van der Waals surface area (Å²) in [5, 5.41) is 9.58. The Kier molecular flexibility index (Phi) is 7.30. The minimum absolute atomic E-state index is 0.249. The summed E-state index contributed by atoms with van der Waals surface area (Å²) in [6, 6.07) is 19.5. The van der Waals surface area contributed by atoms with E-state index >= 15 is 0 Å². The third kappa shape index (κ3) is 7.20. The fraction of sp³-hybridized carbons (Fsp3) is 0.200. The Balaban J connectivity index is 1.63. The second-order valence-electron chi connectivity index (χ2n) is 4.72. The minimum Gasteiger partial charge on any atom is -0.442 e. The lowest BCUT2D eigenvalue weighted by molar-refractivity contribution is 0.153. The molecule has 1 N–H and O–H groups in total. The lowest BCUT2D eigenvalue weighted by atomic mass is 10.2. The fourth-order valence-electron chi connectivity index (χ4n) is 1.76. The Morgan fingerprint density at radius 2 is 1.43 bits per heavy atom. The molecule has 0 aliphatic heterocycles. The molecule has 0 saturated carbocycles. The third-order valence-corrected chi connectivity index (χ3v) is 2.87. The van der Waals surface area contributed by atoms with Gasteiger partial charge in [0.2, 0.25) is 0 Å². The van der Waals surface area contributed by atoms with Gasteiger partial charge in [0.1, 0.15) is 19.3 Å². The Hall–Kier alpha value is -2.72. The molecule has 116 valence electrons. The quantitative estimate of drug-likeness (QED) is 0.682. The van der Waals surface area contributed by atoms with Crippen molar-refractivity contribution < 1.29 is 14.6 Å². The van der Waals surface area contributed by atoms with Gasteiger partial charge in [0, 0.05) is 0 Å². The van der Waals surface area contributed by atoms with Crippen LogP contribution in [-0.4, -0.2) is 17.8 Å². The molecule has 0 bridgehead atoms. The normalized spacial score (nSPS) is 10.7. The van der Waals surface area contributed by atoms with Crippen molar-refractivity contribution in [3.05, 3.63) is 71.8 Å². The molecule has 0 spiro atoms. The summed E-state index contributed by atoms with van der Waals surface area (Å²) >= 11 is 0. The van der Waals surface area contributed by atoms with E-state index in [4.69, 9.17) is 9.47 Å². The number of aliphatic hydroxyl groups excluding tert-OH is 1. The molecule has 0 heterocycles. The van der Waals surface area contributed by atoms with Crippen LogP contribution in [0.15, 0.2) is 60.7 Å². The van der Waals surface area contributed by atoms with Crippen LogP contribution in [0.4, 0.5) is 0 Å². The van der Waals surface area contributed by atoms with E-state index in [0.717, 1.165) is 11.1 Å². The molecule has 0 radical (unpaired) electrons. The maximum atomic E-state index is 9.58. The van der Waals surface area contributed by atoms with Gasteiger partial charge in [-0.3, -0.25) is 0 Å². The molecule has 1 atom stereocenters. The molecule has 0 fully saturated rings. The van der Waals surface area contributed by atoms with Gasteiger partial charge in [0.15, 0.2) is 6.10 Å². The third-order valence-electron chi connectivity index (χ3n) is 2.87. The molecule has 1 unspecified atom stereocenters. The molecular formula is C20H18O3. The Labute approximate surface area is 136 Å². The molecule has 2 aromatic carbocycles. The van der Waals surface area contributed by atoms with Crippen LogP contribution < -0.4 is 0 Å². The van der Waals surface area contributed by atoms with Crippen molar-refractivity contribution >= 4 is 0 Å². The van der Waals surface area contributed by atoms with Crippen molar-refractivity contribution in [1.29, 1.82) is 0 Å². The van der Waals surface area contributed by atoms with Gasteiger partial charge < -0.3 is 14.6 Å². The van der Waals surface area contributed by atoms with E-state index in [-0.39, 0.29) is 6.61 Å². The molecule has 2 rings (SSSR count). The van der Waals surface area contributed by atoms with Gasteiger partial charge in [0.25, 0.3) is 0 Å². The molecule has 0 saturated heterocycles. The molecule has 0 aliphatic rings. The topological polar surface area (TPSA) is 38.7 Å². The van der Waals surface area contributed by atoms with Crippen molar-refractivity contribution in [2.45, 2.75) is 19.3 Å². The van der Waals surface area contributed by atoms with Gasteiger partial charge in [0.05, 0.1) is 6.61 Å². The van der Waals surface area contributed by atoms with E-state index in [0.29, 0.717) is 13.2 Å². The fourth-order valence-corrected chi connectivity index (χ4v) is 1.76. The monoisotopic (exact) mass is 306 g/mol. The summed E-state index contributed by atoms with van der Waals surface area (Å²) in [4.78, 5) is 0. The van der Waals surface area contributed by atoms with Crippen LogP contribution in [0.25, 0.3) is 0 Å². The van der Waals surface area contributed by atoms with E-state index in [1.54, 1.807) is 0 Å². The Morgan fingerprint density at radius 3 is 2.09 bits per heavy atom. The zero-order valence-corrected chi connectivity index (χ0v) is 12.7. The highest BCUT2D eigenvalue weighted by atomic mass is 16.5. The number of hydrogen-bond acceptors (Lipinski definition) is 3. The van der Waals surface area contributed by atoms with Gasteiger partial charge in [-0.05, 0) is 17.0 Å². The minimum atomic E-state index is -1.04. The van der Waals surface area contributed by atoms with Gasteiger partial charge in [-0.15, -0.1) is 0 Å². The van der Waals surface area contributed by atoms with Crippen LogP contribution in [0.5, 0.6) is 0 Å². The van der Waals surface area contributed by atoms with Crippen molar-refractivity contribution in [1.82, 2.24) is 0 Å². The first-order valence-electron chi connectivity index (χ1n) is 7.29. The van der Waals surface area contributed by atoms with E-state index < -0.39 is 6.10 Å². The summed E-state index contributed by atoms with van der Waals surface area (Å²) in [7, 11) is 0. The largest absolute Gasteiger partial charge is 0.442 e. The summed E-state index contributed by atoms with van der Waals surface area (Å²) in [5.74, 6) is 7.84. The van der Waals surface area contributed by atoms with E-state index in [2.05, 4.69) is 23.9 Å². The lowest BCUT2D eigenvalue weighted by Gasteiger charge is -1.99. The highest BCUT2D eigenvalue weighted by Crippen LogP contribution is 2.00. The molecule has 0 aromatic heterocycles. The maximum Gasteiger partial charge on any atom is 0.180 e. The molecule has 23 heavy (non-hydrogen) atoms. The zero-order chi connectivity index (χ0) is 16.2. The molecular weight excluding hydrogens is 288 g/mol. The molecule has 0 amide bonds. The summed E-state index contributed by atoms with van der Waals surface area (Å²) in [6.45, 7) is 1.13. The van der Waals surface area contributed by atoms with Gasteiger partial charge in [-0.2, -0.15) is 0 Å². The van der Waals surface area contributed by atoms with Crippen LogP contribution in [0, 0.1) is 23.9 Å². The first kappa shape index (κ1) is 16.6. The van der Waals surface area contributed by atoms with E-state index in [1.165, 1.54) is 0 Å². The first-order valence-corrected chi connectivity index (χ1v) is 7.29. The summed E-state index contributed by atoms with van der Waals surface area (Å²) in [6.07, 6.45) is 1.42. The molecule has 3 nitrogen and oxygen atoms in total. The Morgan fingerprint density at radius 1 is 0.826 bits per heavy atom. The van der Waals surface area contributed by atoms with Crippen LogP contribution in [0.2, 0.25) is 0 Å². The van der Waals surface area contributed by atoms with E-state index in [9.17, 15) is 5.11 Å². The average Bonchev–Trinajstić information content (AvgIpc) is 2.60. The van der Waals surface area contributed by atoms with Crippen LogP contribution in [0.1, 0.15) is 11.1 Å². The average molecular weight is 306 g/mol. The summed E-state index contributed by atoms with van der Waals surface area (Å²) < 4.78 is 10.5.